The highest BCUT2D eigenvalue weighted by molar-refractivity contribution is 7.98. The van der Waals surface area contributed by atoms with Gasteiger partial charge in [-0.3, -0.25) is 0 Å². The number of benzene rings is 1. The minimum Gasteiger partial charge on any atom is -0.350 e. The van der Waals surface area contributed by atoms with Crippen LogP contribution < -0.4 is 5.32 Å². The standard InChI is InChI=1S/C17H14N4S/c1-2-5-12(6-3-1)9-19-17-20-10-13-11-22-16-14(15(13)21-17)7-4-8-18-16/h1-8,10H,9,11H2,(H,19,20,21). The smallest absolute Gasteiger partial charge is 0.223 e. The Kier molecular flexibility index (Phi) is 3.48. The molecule has 1 aliphatic heterocycles. The third kappa shape index (κ3) is 2.55. The molecular formula is C17H14N4S. The van der Waals surface area contributed by atoms with Gasteiger partial charge in [-0.1, -0.05) is 30.3 Å². The molecule has 4 nitrogen and oxygen atoms in total. The largest absolute Gasteiger partial charge is 0.350 e. The molecule has 0 saturated carbocycles. The van der Waals surface area contributed by atoms with Crippen molar-refractivity contribution in [3.63, 3.8) is 0 Å². The third-order valence-electron chi connectivity index (χ3n) is 3.55. The van der Waals surface area contributed by atoms with E-state index in [0.717, 1.165) is 27.6 Å². The molecule has 1 aromatic carbocycles. The fraction of sp³-hybridized carbons (Fsp3) is 0.118. The van der Waals surface area contributed by atoms with Crippen LogP contribution in [0.2, 0.25) is 0 Å². The monoisotopic (exact) mass is 306 g/mol. The van der Waals surface area contributed by atoms with E-state index < -0.39 is 0 Å². The molecule has 0 fully saturated rings. The zero-order valence-electron chi connectivity index (χ0n) is 11.9. The fourth-order valence-electron chi connectivity index (χ4n) is 2.44. The van der Waals surface area contributed by atoms with E-state index >= 15 is 0 Å². The van der Waals surface area contributed by atoms with Gasteiger partial charge in [-0.15, -0.1) is 11.8 Å². The topological polar surface area (TPSA) is 50.7 Å². The summed E-state index contributed by atoms with van der Waals surface area (Å²) in [5.41, 5.74) is 4.46. The molecule has 3 heterocycles. The number of nitrogens with zero attached hydrogens (tertiary/aromatic N) is 3. The summed E-state index contributed by atoms with van der Waals surface area (Å²) in [4.78, 5) is 13.5. The quantitative estimate of drug-likeness (QED) is 0.798. The lowest BCUT2D eigenvalue weighted by molar-refractivity contribution is 1.02. The molecule has 22 heavy (non-hydrogen) atoms. The minimum absolute atomic E-state index is 0.657. The first kappa shape index (κ1) is 13.3. The van der Waals surface area contributed by atoms with Crippen LogP contribution in [0, 0.1) is 0 Å². The van der Waals surface area contributed by atoms with Crippen molar-refractivity contribution in [3.05, 3.63) is 66.0 Å². The average molecular weight is 306 g/mol. The lowest BCUT2D eigenvalue weighted by atomic mass is 10.1. The van der Waals surface area contributed by atoms with Crippen LogP contribution in [0.3, 0.4) is 0 Å². The van der Waals surface area contributed by atoms with E-state index in [9.17, 15) is 0 Å². The zero-order valence-corrected chi connectivity index (χ0v) is 12.7. The van der Waals surface area contributed by atoms with E-state index in [-0.39, 0.29) is 0 Å². The highest BCUT2D eigenvalue weighted by Gasteiger charge is 2.19. The highest BCUT2D eigenvalue weighted by Crippen LogP contribution is 2.38. The van der Waals surface area contributed by atoms with E-state index in [1.807, 2.05) is 36.7 Å². The Balaban J connectivity index is 1.62. The Labute approximate surface area is 133 Å². The summed E-state index contributed by atoms with van der Waals surface area (Å²) in [6.07, 6.45) is 3.74. The molecule has 0 aliphatic carbocycles. The first-order valence-electron chi connectivity index (χ1n) is 7.12. The van der Waals surface area contributed by atoms with E-state index in [0.29, 0.717) is 12.5 Å². The number of hydrogen-bond acceptors (Lipinski definition) is 5. The van der Waals surface area contributed by atoms with Gasteiger partial charge >= 0.3 is 0 Å². The highest BCUT2D eigenvalue weighted by atomic mass is 32.2. The zero-order chi connectivity index (χ0) is 14.8. The molecule has 5 heteroatoms. The van der Waals surface area contributed by atoms with E-state index in [4.69, 9.17) is 4.98 Å². The summed E-state index contributed by atoms with van der Waals surface area (Å²) in [7, 11) is 0. The lowest BCUT2D eigenvalue weighted by Crippen LogP contribution is -2.07. The van der Waals surface area contributed by atoms with E-state index in [1.54, 1.807) is 11.8 Å². The summed E-state index contributed by atoms with van der Waals surface area (Å²) in [6, 6.07) is 14.3. The van der Waals surface area contributed by atoms with E-state index in [1.165, 1.54) is 5.56 Å². The minimum atomic E-state index is 0.657. The van der Waals surface area contributed by atoms with Crippen LogP contribution in [0.15, 0.2) is 59.9 Å². The Morgan fingerprint density at radius 2 is 1.95 bits per heavy atom. The van der Waals surface area contributed by atoms with Crippen LogP contribution in [0.1, 0.15) is 11.1 Å². The van der Waals surface area contributed by atoms with Crippen molar-refractivity contribution < 1.29 is 0 Å². The summed E-state index contributed by atoms with van der Waals surface area (Å²) >= 11 is 1.74. The normalized spacial score (nSPS) is 12.4. The lowest BCUT2D eigenvalue weighted by Gasteiger charge is -2.17. The molecule has 1 aliphatic rings. The molecule has 108 valence electrons. The molecule has 0 spiro atoms. The predicted octanol–water partition coefficient (Wildman–Crippen LogP) is 3.76. The van der Waals surface area contributed by atoms with Crippen LogP contribution >= 0.6 is 11.8 Å². The Morgan fingerprint density at radius 3 is 2.86 bits per heavy atom. The van der Waals surface area contributed by atoms with Gasteiger partial charge in [0, 0.05) is 35.8 Å². The van der Waals surface area contributed by atoms with Crippen molar-refractivity contribution >= 4 is 17.7 Å². The van der Waals surface area contributed by atoms with Gasteiger partial charge in [-0.25, -0.2) is 15.0 Å². The van der Waals surface area contributed by atoms with Gasteiger partial charge in [-0.2, -0.15) is 0 Å². The second kappa shape index (κ2) is 5.77. The average Bonchev–Trinajstić information content (AvgIpc) is 2.60. The summed E-state index contributed by atoms with van der Waals surface area (Å²) in [5.74, 6) is 1.53. The van der Waals surface area contributed by atoms with Crippen molar-refractivity contribution in [2.75, 3.05) is 5.32 Å². The van der Waals surface area contributed by atoms with Gasteiger partial charge in [0.25, 0.3) is 0 Å². The predicted molar refractivity (Wildman–Crippen MR) is 88.6 cm³/mol. The van der Waals surface area contributed by atoms with Gasteiger partial charge in [0.15, 0.2) is 0 Å². The van der Waals surface area contributed by atoms with Crippen LogP contribution in [0.5, 0.6) is 0 Å². The molecule has 3 aromatic rings. The first-order chi connectivity index (χ1) is 10.9. The SMILES string of the molecule is c1ccc(CNc2ncc3c(n2)-c2cccnc2SC3)cc1. The molecule has 0 saturated heterocycles. The van der Waals surface area contributed by atoms with Crippen molar-refractivity contribution in [3.8, 4) is 11.3 Å². The van der Waals surface area contributed by atoms with Gasteiger partial charge in [-0.05, 0) is 17.7 Å². The van der Waals surface area contributed by atoms with Crippen LogP contribution in [0.25, 0.3) is 11.3 Å². The number of thioether (sulfide) groups is 1. The van der Waals surface area contributed by atoms with Crippen molar-refractivity contribution in [1.29, 1.82) is 0 Å². The van der Waals surface area contributed by atoms with Gasteiger partial charge < -0.3 is 5.32 Å². The van der Waals surface area contributed by atoms with Crippen LogP contribution in [0.4, 0.5) is 5.95 Å². The molecule has 0 bridgehead atoms. The molecule has 0 radical (unpaired) electrons. The van der Waals surface area contributed by atoms with Crippen molar-refractivity contribution in [2.24, 2.45) is 0 Å². The third-order valence-corrected chi connectivity index (χ3v) is 4.60. The number of nitrogens with one attached hydrogen (secondary N) is 1. The molecule has 1 N–H and O–H groups in total. The number of aromatic nitrogens is 3. The van der Waals surface area contributed by atoms with E-state index in [2.05, 4.69) is 33.5 Å². The molecule has 0 amide bonds. The molecule has 0 atom stereocenters. The first-order valence-corrected chi connectivity index (χ1v) is 8.10. The van der Waals surface area contributed by atoms with Gasteiger partial charge in [0.2, 0.25) is 5.95 Å². The number of rotatable bonds is 3. The maximum atomic E-state index is 4.69. The number of fused-ring (bicyclic) bond motifs is 3. The molecule has 2 aromatic heterocycles. The van der Waals surface area contributed by atoms with Gasteiger partial charge in [0.05, 0.1) is 5.69 Å². The Hall–Kier alpha value is -2.40. The Morgan fingerprint density at radius 1 is 1.05 bits per heavy atom. The van der Waals surface area contributed by atoms with Crippen molar-refractivity contribution in [2.45, 2.75) is 17.3 Å². The number of pyridine rings is 1. The summed E-state index contributed by atoms with van der Waals surface area (Å²) < 4.78 is 0. The maximum Gasteiger partial charge on any atom is 0.223 e. The molecule has 0 unspecified atom stereocenters. The number of hydrogen-bond donors (Lipinski definition) is 1. The maximum absolute atomic E-state index is 4.69. The van der Waals surface area contributed by atoms with Crippen LogP contribution in [-0.4, -0.2) is 15.0 Å². The second-order valence-electron chi connectivity index (χ2n) is 5.05. The van der Waals surface area contributed by atoms with Gasteiger partial charge in [0.1, 0.15) is 5.03 Å². The summed E-state index contributed by atoms with van der Waals surface area (Å²) in [5, 5.41) is 4.34. The van der Waals surface area contributed by atoms with Crippen molar-refractivity contribution in [1.82, 2.24) is 15.0 Å². The fourth-order valence-corrected chi connectivity index (χ4v) is 3.40. The summed E-state index contributed by atoms with van der Waals surface area (Å²) in [6.45, 7) is 0.717. The Bertz CT molecular complexity index is 805. The second-order valence-corrected chi connectivity index (χ2v) is 6.02. The van der Waals surface area contributed by atoms with Crippen LogP contribution in [-0.2, 0) is 12.3 Å². The molecule has 4 rings (SSSR count). The molecular weight excluding hydrogens is 292 g/mol. The number of anilines is 1.